The van der Waals surface area contributed by atoms with Crippen LogP contribution in [-0.4, -0.2) is 46.2 Å². The molecule has 2 heterocycles. The summed E-state index contributed by atoms with van der Waals surface area (Å²) < 4.78 is 7.89. The molecule has 1 aromatic heterocycles. The van der Waals surface area contributed by atoms with E-state index in [0.717, 1.165) is 64.8 Å². The van der Waals surface area contributed by atoms with Gasteiger partial charge < -0.3 is 25.0 Å². The van der Waals surface area contributed by atoms with E-state index in [-0.39, 0.29) is 5.84 Å². The average Bonchev–Trinajstić information content (AvgIpc) is 3.16. The molecule has 0 spiro atoms. The van der Waals surface area contributed by atoms with Crippen molar-refractivity contribution in [2.75, 3.05) is 24.6 Å². The molecule has 1 saturated heterocycles. The van der Waals surface area contributed by atoms with E-state index in [1.54, 1.807) is 0 Å². The van der Waals surface area contributed by atoms with Crippen molar-refractivity contribution in [1.82, 2.24) is 9.55 Å². The van der Waals surface area contributed by atoms with E-state index in [2.05, 4.69) is 9.47 Å². The second-order valence-corrected chi connectivity index (χ2v) is 9.02. The molecule has 1 fully saturated rings. The number of ether oxygens (including phenoxy) is 1. The molecule has 0 amide bonds. The minimum atomic E-state index is -1.00. The number of aromatic nitrogens is 2. The number of aryl methyl sites for hydroxylation is 1. The zero-order valence-electron chi connectivity index (χ0n) is 19.8. The van der Waals surface area contributed by atoms with E-state index in [1.165, 1.54) is 6.42 Å². The highest BCUT2D eigenvalue weighted by atomic mass is 16.5. The number of carboxylic acids is 1. The van der Waals surface area contributed by atoms with E-state index < -0.39 is 12.6 Å². The number of rotatable bonds is 7. The Labute approximate surface area is 203 Å². The first-order valence-corrected chi connectivity index (χ1v) is 11.9. The third kappa shape index (κ3) is 4.39. The van der Waals surface area contributed by atoms with Crippen molar-refractivity contribution < 1.29 is 14.6 Å². The normalized spacial score (nSPS) is 13.9. The number of fused-ring (bicyclic) bond motifs is 2. The molecule has 8 nitrogen and oxygen atoms in total. The van der Waals surface area contributed by atoms with Gasteiger partial charge in [-0.05, 0) is 48.6 Å². The first-order chi connectivity index (χ1) is 16.9. The molecule has 3 aromatic carbocycles. The molecular formula is C27H29N5O3. The van der Waals surface area contributed by atoms with Crippen LogP contribution < -0.4 is 15.4 Å². The fourth-order valence-corrected chi connectivity index (χ4v) is 5.00. The van der Waals surface area contributed by atoms with Crippen LogP contribution in [0, 0.1) is 12.3 Å². The van der Waals surface area contributed by atoms with E-state index in [1.807, 2.05) is 55.5 Å². The molecule has 0 atom stereocenters. The Morgan fingerprint density at radius 1 is 1.11 bits per heavy atom. The van der Waals surface area contributed by atoms with Crippen LogP contribution in [0.5, 0.6) is 5.75 Å². The molecular weight excluding hydrogens is 442 g/mol. The highest BCUT2D eigenvalue weighted by Crippen LogP contribution is 2.36. The predicted molar refractivity (Wildman–Crippen MR) is 138 cm³/mol. The highest BCUT2D eigenvalue weighted by Gasteiger charge is 2.20. The summed E-state index contributed by atoms with van der Waals surface area (Å²) in [5.74, 6) is 0.471. The van der Waals surface area contributed by atoms with Gasteiger partial charge in [0.15, 0.2) is 6.61 Å². The highest BCUT2D eigenvalue weighted by molar-refractivity contribution is 6.08. The van der Waals surface area contributed by atoms with E-state index >= 15 is 0 Å². The Bertz CT molecular complexity index is 1440. The number of anilines is 1. The van der Waals surface area contributed by atoms with Gasteiger partial charge in [-0.15, -0.1) is 0 Å². The number of hydrogen-bond donors (Lipinski definition) is 3. The van der Waals surface area contributed by atoms with Gasteiger partial charge in [0, 0.05) is 31.3 Å². The third-order valence-electron chi connectivity index (χ3n) is 6.70. The van der Waals surface area contributed by atoms with Gasteiger partial charge in [-0.2, -0.15) is 0 Å². The molecule has 0 saturated carbocycles. The summed E-state index contributed by atoms with van der Waals surface area (Å²) in [4.78, 5) is 18.4. The maximum absolute atomic E-state index is 11.3. The summed E-state index contributed by atoms with van der Waals surface area (Å²) in [6, 6.07) is 15.8. The van der Waals surface area contributed by atoms with Crippen LogP contribution in [0.4, 0.5) is 5.69 Å². The van der Waals surface area contributed by atoms with Gasteiger partial charge >= 0.3 is 5.97 Å². The van der Waals surface area contributed by atoms with Crippen molar-refractivity contribution in [3.8, 4) is 5.75 Å². The Morgan fingerprint density at radius 2 is 1.86 bits per heavy atom. The minimum Gasteiger partial charge on any atom is -0.480 e. The summed E-state index contributed by atoms with van der Waals surface area (Å²) >= 11 is 0. The lowest BCUT2D eigenvalue weighted by atomic mass is 9.99. The topological polar surface area (TPSA) is 117 Å². The standard InChI is InChI=1S/C27H29N5O3/c1-17-30-22-13-24(31-11-5-2-6-12-31)25(35-16-26(33)34)14-23(22)32(17)15-18-9-10-21(27(28)29)20-8-4-3-7-19(18)20/h3-4,7-10,13-14H,2,5-6,11-12,15-16H2,1H3,(H3,28,29)(H,33,34). The number of nitrogens with zero attached hydrogens (tertiary/aromatic N) is 3. The lowest BCUT2D eigenvalue weighted by Crippen LogP contribution is -2.30. The monoisotopic (exact) mass is 471 g/mol. The van der Waals surface area contributed by atoms with Crippen LogP contribution >= 0.6 is 0 Å². The molecule has 180 valence electrons. The number of carboxylic acid groups (broad SMARTS) is 1. The van der Waals surface area contributed by atoms with E-state index in [9.17, 15) is 9.90 Å². The molecule has 1 aliphatic rings. The van der Waals surface area contributed by atoms with Gasteiger partial charge in [-0.3, -0.25) is 5.41 Å². The summed E-state index contributed by atoms with van der Waals surface area (Å²) in [6.07, 6.45) is 3.41. The zero-order chi connectivity index (χ0) is 24.5. The van der Waals surface area contributed by atoms with Crippen LogP contribution in [0.15, 0.2) is 48.5 Å². The van der Waals surface area contributed by atoms with Gasteiger partial charge in [0.2, 0.25) is 0 Å². The molecule has 8 heteroatoms. The summed E-state index contributed by atoms with van der Waals surface area (Å²) in [7, 11) is 0. The Morgan fingerprint density at radius 3 is 2.57 bits per heavy atom. The molecule has 35 heavy (non-hydrogen) atoms. The molecule has 0 aliphatic carbocycles. The van der Waals surface area contributed by atoms with Gasteiger partial charge in [0.1, 0.15) is 17.4 Å². The van der Waals surface area contributed by atoms with Crippen LogP contribution in [0.1, 0.15) is 36.2 Å². The summed E-state index contributed by atoms with van der Waals surface area (Å²) in [5.41, 5.74) is 10.3. The number of amidine groups is 1. The van der Waals surface area contributed by atoms with Crippen LogP contribution in [0.25, 0.3) is 21.8 Å². The Kier molecular flexibility index (Phi) is 6.03. The van der Waals surface area contributed by atoms with Crippen LogP contribution in [0.3, 0.4) is 0 Å². The molecule has 0 radical (unpaired) electrons. The molecule has 0 unspecified atom stereocenters. The van der Waals surface area contributed by atoms with Crippen LogP contribution in [0.2, 0.25) is 0 Å². The third-order valence-corrected chi connectivity index (χ3v) is 6.70. The van der Waals surface area contributed by atoms with Crippen molar-refractivity contribution in [3.63, 3.8) is 0 Å². The Balaban J connectivity index is 1.60. The number of piperidine rings is 1. The zero-order valence-corrected chi connectivity index (χ0v) is 19.8. The first kappa shape index (κ1) is 22.7. The number of nitrogen functional groups attached to an aromatic ring is 1. The molecule has 5 rings (SSSR count). The number of carbonyl (C=O) groups is 1. The second kappa shape index (κ2) is 9.29. The minimum absolute atomic E-state index is 0.0440. The summed E-state index contributed by atoms with van der Waals surface area (Å²) in [5, 5.41) is 19.1. The second-order valence-electron chi connectivity index (χ2n) is 9.02. The van der Waals surface area contributed by atoms with Crippen molar-refractivity contribution in [1.29, 1.82) is 5.41 Å². The summed E-state index contributed by atoms with van der Waals surface area (Å²) in [6.45, 7) is 4.00. The van der Waals surface area contributed by atoms with E-state index in [4.69, 9.17) is 20.9 Å². The Hall–Kier alpha value is -4.07. The number of benzene rings is 3. The maximum atomic E-state index is 11.3. The van der Waals surface area contributed by atoms with Crippen LogP contribution in [-0.2, 0) is 11.3 Å². The van der Waals surface area contributed by atoms with Gasteiger partial charge in [-0.1, -0.05) is 36.4 Å². The van der Waals surface area contributed by atoms with Crippen molar-refractivity contribution in [2.45, 2.75) is 32.7 Å². The van der Waals surface area contributed by atoms with Crippen molar-refractivity contribution in [2.24, 2.45) is 5.73 Å². The maximum Gasteiger partial charge on any atom is 0.341 e. The fourth-order valence-electron chi connectivity index (χ4n) is 5.00. The predicted octanol–water partition coefficient (Wildman–Crippen LogP) is 4.28. The SMILES string of the molecule is Cc1nc2cc(N3CCCCC3)c(OCC(=O)O)cc2n1Cc1ccc(C(=N)N)c2ccccc12. The molecule has 4 N–H and O–H groups in total. The number of imidazole rings is 1. The quantitative estimate of drug-likeness (QED) is 0.273. The lowest BCUT2D eigenvalue weighted by molar-refractivity contribution is -0.139. The number of hydrogen-bond acceptors (Lipinski definition) is 5. The van der Waals surface area contributed by atoms with Crippen molar-refractivity contribution in [3.05, 3.63) is 65.5 Å². The molecule has 4 aromatic rings. The number of nitrogens with two attached hydrogens (primary N) is 1. The first-order valence-electron chi connectivity index (χ1n) is 11.9. The smallest absolute Gasteiger partial charge is 0.341 e. The van der Waals surface area contributed by atoms with E-state index in [0.29, 0.717) is 17.9 Å². The number of nitrogens with one attached hydrogen (secondary N) is 1. The largest absolute Gasteiger partial charge is 0.480 e. The van der Waals surface area contributed by atoms with Gasteiger partial charge in [0.25, 0.3) is 0 Å². The van der Waals surface area contributed by atoms with Crippen molar-refractivity contribution >= 4 is 39.3 Å². The molecule has 1 aliphatic heterocycles. The number of aliphatic carboxylic acids is 1. The lowest BCUT2D eigenvalue weighted by Gasteiger charge is -2.30. The van der Waals surface area contributed by atoms with Gasteiger partial charge in [-0.25, -0.2) is 9.78 Å². The fraction of sp³-hybridized carbons (Fsp3) is 0.296. The average molecular weight is 472 g/mol. The van der Waals surface area contributed by atoms with Gasteiger partial charge in [0.05, 0.1) is 16.7 Å². The molecule has 0 bridgehead atoms.